The van der Waals surface area contributed by atoms with E-state index >= 15 is 0 Å². The lowest BCUT2D eigenvalue weighted by Gasteiger charge is -2.30. The number of allylic oxidation sites excluding steroid dienone is 12. The van der Waals surface area contributed by atoms with Gasteiger partial charge in [0.15, 0.2) is 0 Å². The molecule has 86 heavy (non-hydrogen) atoms. The SMILES string of the molecule is CC/C=C\C/C=C\C/C=C\C/C=C\C/C=C\C/C=C\CCCCCCCCCCCCCCCCCCCCC(=O)NC(COP(=O)([O-])OCC[N+](C)(C)C)C(O)CCCCCCCCCCCCCCCCCCCCCCCCCCCCC. The molecule has 0 aromatic rings. The number of aliphatic hydroxyl groups is 1. The van der Waals surface area contributed by atoms with Gasteiger partial charge in [0.25, 0.3) is 7.82 Å². The number of carbonyl (C=O) groups is 1. The van der Waals surface area contributed by atoms with Crippen molar-refractivity contribution in [3.8, 4) is 0 Å². The number of aliphatic hydroxyl groups excluding tert-OH is 1. The minimum Gasteiger partial charge on any atom is -0.756 e. The van der Waals surface area contributed by atoms with Gasteiger partial charge in [-0.1, -0.05) is 363 Å². The van der Waals surface area contributed by atoms with Crippen molar-refractivity contribution < 1.29 is 32.9 Å². The lowest BCUT2D eigenvalue weighted by molar-refractivity contribution is -0.870. The molecule has 0 heterocycles. The molecule has 0 radical (unpaired) electrons. The van der Waals surface area contributed by atoms with E-state index in [1.807, 2.05) is 21.1 Å². The molecule has 0 aromatic carbocycles. The summed E-state index contributed by atoms with van der Waals surface area (Å²) < 4.78 is 23.6. The van der Waals surface area contributed by atoms with Crippen molar-refractivity contribution in [3.05, 3.63) is 72.9 Å². The maximum atomic E-state index is 13.1. The van der Waals surface area contributed by atoms with E-state index in [1.165, 1.54) is 257 Å². The zero-order valence-corrected chi connectivity index (χ0v) is 58.7. The van der Waals surface area contributed by atoms with Crippen LogP contribution in [0, 0.1) is 0 Å². The van der Waals surface area contributed by atoms with Crippen LogP contribution in [0.15, 0.2) is 72.9 Å². The number of likely N-dealkylation sites (N-methyl/N-ethyl adjacent to an activating group) is 1. The van der Waals surface area contributed by atoms with Crippen LogP contribution in [-0.2, 0) is 18.4 Å². The van der Waals surface area contributed by atoms with E-state index in [9.17, 15) is 19.4 Å². The first kappa shape index (κ1) is 83.9. The van der Waals surface area contributed by atoms with Crippen LogP contribution in [0.3, 0.4) is 0 Å². The van der Waals surface area contributed by atoms with Crippen molar-refractivity contribution in [1.82, 2.24) is 5.32 Å². The fourth-order valence-corrected chi connectivity index (χ4v) is 11.9. The lowest BCUT2D eigenvalue weighted by atomic mass is 10.0. The van der Waals surface area contributed by atoms with Gasteiger partial charge in [-0.05, 0) is 64.2 Å². The highest BCUT2D eigenvalue weighted by atomic mass is 31.2. The molecule has 0 bridgehead atoms. The molecule has 0 aromatic heterocycles. The molecule has 0 aliphatic carbocycles. The van der Waals surface area contributed by atoms with Crippen molar-refractivity contribution in [2.24, 2.45) is 0 Å². The van der Waals surface area contributed by atoms with Crippen LogP contribution in [0.5, 0.6) is 0 Å². The third-order valence-electron chi connectivity index (χ3n) is 17.0. The Balaban J connectivity index is 3.98. The van der Waals surface area contributed by atoms with Gasteiger partial charge in [0.2, 0.25) is 5.91 Å². The molecule has 9 heteroatoms. The highest BCUT2D eigenvalue weighted by Gasteiger charge is 2.24. The fraction of sp³-hybridized carbons (Fsp3) is 0.831. The molecule has 0 saturated carbocycles. The van der Waals surface area contributed by atoms with E-state index in [1.54, 1.807) is 0 Å². The summed E-state index contributed by atoms with van der Waals surface area (Å²) in [5.41, 5.74) is 0. The molecule has 3 unspecified atom stereocenters. The number of phosphoric ester groups is 1. The molecule has 504 valence electrons. The van der Waals surface area contributed by atoms with Crippen molar-refractivity contribution in [2.45, 2.75) is 373 Å². The number of nitrogens with one attached hydrogen (secondary N) is 1. The molecular formula is C77H145N2O6P. The number of carbonyl (C=O) groups excluding carboxylic acids is 1. The minimum absolute atomic E-state index is 0.0125. The predicted octanol–water partition coefficient (Wildman–Crippen LogP) is 23.5. The predicted molar refractivity (Wildman–Crippen MR) is 376 cm³/mol. The second kappa shape index (κ2) is 67.3. The highest BCUT2D eigenvalue weighted by Crippen LogP contribution is 2.38. The first-order valence-corrected chi connectivity index (χ1v) is 38.7. The van der Waals surface area contributed by atoms with Gasteiger partial charge in [0.1, 0.15) is 13.2 Å². The van der Waals surface area contributed by atoms with Crippen molar-refractivity contribution in [3.63, 3.8) is 0 Å². The molecular weight excluding hydrogens is 1080 g/mol. The lowest BCUT2D eigenvalue weighted by Crippen LogP contribution is -2.46. The monoisotopic (exact) mass is 1230 g/mol. The average molecular weight is 1230 g/mol. The van der Waals surface area contributed by atoms with Gasteiger partial charge < -0.3 is 28.8 Å². The van der Waals surface area contributed by atoms with Gasteiger partial charge >= 0.3 is 0 Å². The molecule has 0 saturated heterocycles. The fourth-order valence-electron chi connectivity index (χ4n) is 11.2. The van der Waals surface area contributed by atoms with Crippen molar-refractivity contribution >= 4 is 13.7 Å². The number of rotatable bonds is 69. The van der Waals surface area contributed by atoms with Crippen LogP contribution in [-0.4, -0.2) is 68.5 Å². The normalized spacial score (nSPS) is 14.0. The number of hydrogen-bond donors (Lipinski definition) is 2. The van der Waals surface area contributed by atoms with E-state index in [-0.39, 0.29) is 19.1 Å². The minimum atomic E-state index is -4.58. The van der Waals surface area contributed by atoms with E-state index in [2.05, 4.69) is 92.1 Å². The van der Waals surface area contributed by atoms with E-state index in [4.69, 9.17) is 9.05 Å². The van der Waals surface area contributed by atoms with E-state index < -0.39 is 20.0 Å². The number of hydrogen-bond acceptors (Lipinski definition) is 6. The second-order valence-electron chi connectivity index (χ2n) is 26.6. The van der Waals surface area contributed by atoms with Gasteiger partial charge in [-0.15, -0.1) is 0 Å². The third-order valence-corrected chi connectivity index (χ3v) is 17.9. The summed E-state index contributed by atoms with van der Waals surface area (Å²) >= 11 is 0. The molecule has 0 spiro atoms. The van der Waals surface area contributed by atoms with Crippen LogP contribution in [0.25, 0.3) is 0 Å². The first-order chi connectivity index (χ1) is 42.0. The maximum absolute atomic E-state index is 13.1. The Morgan fingerprint density at radius 2 is 0.709 bits per heavy atom. The van der Waals surface area contributed by atoms with Gasteiger partial charge in [0.05, 0.1) is 39.9 Å². The van der Waals surface area contributed by atoms with Gasteiger partial charge in [-0.3, -0.25) is 9.36 Å². The van der Waals surface area contributed by atoms with E-state index in [0.717, 1.165) is 77.0 Å². The number of quaternary nitrogens is 1. The van der Waals surface area contributed by atoms with Crippen molar-refractivity contribution in [1.29, 1.82) is 0 Å². The van der Waals surface area contributed by atoms with Crippen molar-refractivity contribution in [2.75, 3.05) is 40.9 Å². The van der Waals surface area contributed by atoms with Gasteiger partial charge in [0, 0.05) is 6.42 Å². The number of nitrogens with zero attached hydrogens (tertiary/aromatic N) is 1. The second-order valence-corrected chi connectivity index (χ2v) is 28.0. The Labute approximate surface area is 535 Å². The summed E-state index contributed by atoms with van der Waals surface area (Å²) in [7, 11) is 1.32. The quantitative estimate of drug-likeness (QED) is 0.0272. The summed E-state index contributed by atoms with van der Waals surface area (Å²) in [6.45, 7) is 4.66. The summed E-state index contributed by atoms with van der Waals surface area (Å²) in [4.78, 5) is 25.7. The smallest absolute Gasteiger partial charge is 0.268 e. The largest absolute Gasteiger partial charge is 0.756 e. The van der Waals surface area contributed by atoms with Crippen LogP contribution < -0.4 is 10.2 Å². The molecule has 3 atom stereocenters. The number of phosphoric acid groups is 1. The molecule has 0 aliphatic heterocycles. The molecule has 8 nitrogen and oxygen atoms in total. The van der Waals surface area contributed by atoms with Gasteiger partial charge in [-0.2, -0.15) is 0 Å². The standard InChI is InChI=1S/C77H145N2O6P/c1-6-8-10-12-14-16-18-20-22-24-26-28-30-32-34-35-36-37-38-39-40-41-42-43-45-47-49-51-53-55-57-59-61-63-65-67-69-71-77(81)78-75(74-85-86(82,83)84-73-72-79(3,4)5)76(80)70-68-66-64-62-60-58-56-54-52-50-48-46-44-33-31-29-27-25-23-21-19-17-15-13-11-9-7-2/h8,10,14,16,20,22,26,28,32,34,36-37,75-76,80H,6-7,9,11-13,15,17-19,21,23-25,27,29-31,33,35,38-74H2,1-5H3,(H-,78,81,82,83)/b10-8-,16-14-,22-20-,28-26-,34-32-,37-36-. The summed E-state index contributed by atoms with van der Waals surface area (Å²) in [6.07, 6.45) is 94.2. The zero-order chi connectivity index (χ0) is 62.6. The van der Waals surface area contributed by atoms with Gasteiger partial charge in [-0.25, -0.2) is 0 Å². The summed E-state index contributed by atoms with van der Waals surface area (Å²) in [5, 5.41) is 14.1. The Morgan fingerprint density at radius 3 is 1.03 bits per heavy atom. The Morgan fingerprint density at radius 1 is 0.419 bits per heavy atom. The first-order valence-electron chi connectivity index (χ1n) is 37.3. The number of unbranched alkanes of at least 4 members (excludes halogenated alkanes) is 44. The molecule has 2 N–H and O–H groups in total. The van der Waals surface area contributed by atoms with E-state index in [0.29, 0.717) is 23.9 Å². The third kappa shape index (κ3) is 69.4. The van der Waals surface area contributed by atoms with Crippen LogP contribution in [0.4, 0.5) is 0 Å². The Kier molecular flexibility index (Phi) is 65.7. The van der Waals surface area contributed by atoms with Crippen LogP contribution >= 0.6 is 7.82 Å². The molecule has 0 fully saturated rings. The molecule has 1 amide bonds. The summed E-state index contributed by atoms with van der Waals surface area (Å²) in [6, 6.07) is -0.804. The van der Waals surface area contributed by atoms with Crippen LogP contribution in [0.2, 0.25) is 0 Å². The molecule has 0 aliphatic rings. The maximum Gasteiger partial charge on any atom is 0.268 e. The van der Waals surface area contributed by atoms with Crippen LogP contribution in [0.1, 0.15) is 361 Å². The highest BCUT2D eigenvalue weighted by molar-refractivity contribution is 7.45. The zero-order valence-electron chi connectivity index (χ0n) is 57.8. The topological polar surface area (TPSA) is 108 Å². The molecule has 0 rings (SSSR count). The number of amides is 1. The Bertz CT molecular complexity index is 1630. The summed E-state index contributed by atoms with van der Waals surface area (Å²) in [5.74, 6) is -0.159. The average Bonchev–Trinajstić information content (AvgIpc) is 3.70. The Hall–Kier alpha value is -2.06.